The maximum absolute atomic E-state index is 12.4. The van der Waals surface area contributed by atoms with E-state index in [2.05, 4.69) is 20.1 Å². The molecule has 4 rings (SSSR count). The van der Waals surface area contributed by atoms with Crippen LogP contribution in [-0.2, 0) is 30.7 Å². The van der Waals surface area contributed by atoms with Crippen molar-refractivity contribution in [2.75, 3.05) is 7.11 Å². The number of benzene rings is 1. The minimum atomic E-state index is -0.0607. The standard InChI is InChI=1S/C19H22N4O3/c1-25-14-6-7-15-13(12-26-16(15)10-14)9-19(24)20-11-18-22-21-17-5-3-2-4-8-23(17)18/h6-7,10,12H,2-5,8-9,11H2,1H3,(H,20,24). The van der Waals surface area contributed by atoms with Crippen molar-refractivity contribution in [1.82, 2.24) is 20.1 Å². The van der Waals surface area contributed by atoms with Crippen molar-refractivity contribution in [1.29, 1.82) is 0 Å². The van der Waals surface area contributed by atoms with Gasteiger partial charge in [-0.1, -0.05) is 6.42 Å². The topological polar surface area (TPSA) is 82.2 Å². The van der Waals surface area contributed by atoms with Gasteiger partial charge in [0.2, 0.25) is 5.91 Å². The Bertz CT molecular complexity index is 928. The Morgan fingerprint density at radius 1 is 1.31 bits per heavy atom. The van der Waals surface area contributed by atoms with Gasteiger partial charge in [-0.15, -0.1) is 10.2 Å². The molecular weight excluding hydrogens is 332 g/mol. The molecule has 1 aliphatic rings. The normalized spacial score (nSPS) is 14.0. The molecule has 7 nitrogen and oxygen atoms in total. The number of rotatable bonds is 5. The van der Waals surface area contributed by atoms with Gasteiger partial charge >= 0.3 is 0 Å². The van der Waals surface area contributed by atoms with Gasteiger partial charge in [-0.05, 0) is 25.0 Å². The predicted octanol–water partition coefficient (Wildman–Crippen LogP) is 2.62. The van der Waals surface area contributed by atoms with Crippen molar-refractivity contribution in [3.63, 3.8) is 0 Å². The molecule has 3 aromatic rings. The minimum Gasteiger partial charge on any atom is -0.497 e. The Morgan fingerprint density at radius 3 is 3.12 bits per heavy atom. The Hall–Kier alpha value is -2.83. The number of aryl methyl sites for hydroxylation is 1. The highest BCUT2D eigenvalue weighted by Crippen LogP contribution is 2.25. The molecule has 0 radical (unpaired) electrons. The highest BCUT2D eigenvalue weighted by atomic mass is 16.5. The first-order chi connectivity index (χ1) is 12.7. The molecule has 0 bridgehead atoms. The summed E-state index contributed by atoms with van der Waals surface area (Å²) < 4.78 is 12.9. The lowest BCUT2D eigenvalue weighted by molar-refractivity contribution is -0.120. The first-order valence-electron chi connectivity index (χ1n) is 8.96. The number of nitrogens with zero attached hydrogens (tertiary/aromatic N) is 3. The number of amides is 1. The summed E-state index contributed by atoms with van der Waals surface area (Å²) in [4.78, 5) is 12.4. The third-order valence-corrected chi connectivity index (χ3v) is 4.84. The van der Waals surface area contributed by atoms with Crippen molar-refractivity contribution < 1.29 is 13.9 Å². The molecule has 3 heterocycles. The highest BCUT2D eigenvalue weighted by Gasteiger charge is 2.16. The van der Waals surface area contributed by atoms with Crippen molar-refractivity contribution >= 4 is 16.9 Å². The summed E-state index contributed by atoms with van der Waals surface area (Å²) >= 11 is 0. The van der Waals surface area contributed by atoms with Crippen LogP contribution in [0.2, 0.25) is 0 Å². The molecule has 7 heteroatoms. The number of hydrogen-bond donors (Lipinski definition) is 1. The molecule has 1 aliphatic heterocycles. The van der Waals surface area contributed by atoms with Crippen LogP contribution in [0.1, 0.15) is 36.5 Å². The third-order valence-electron chi connectivity index (χ3n) is 4.84. The van der Waals surface area contributed by atoms with Gasteiger partial charge in [0.1, 0.15) is 17.2 Å². The largest absolute Gasteiger partial charge is 0.497 e. The van der Waals surface area contributed by atoms with Gasteiger partial charge in [0.15, 0.2) is 5.82 Å². The quantitative estimate of drug-likeness (QED) is 0.762. The molecule has 0 fully saturated rings. The minimum absolute atomic E-state index is 0.0607. The van der Waals surface area contributed by atoms with Crippen LogP contribution in [0.5, 0.6) is 5.75 Å². The number of nitrogens with one attached hydrogen (secondary N) is 1. The van der Waals surface area contributed by atoms with Gasteiger partial charge in [0, 0.05) is 30.0 Å². The average molecular weight is 354 g/mol. The van der Waals surface area contributed by atoms with Crippen molar-refractivity contribution in [2.45, 2.75) is 45.2 Å². The Balaban J connectivity index is 1.41. The van der Waals surface area contributed by atoms with E-state index in [0.717, 1.165) is 59.7 Å². The third kappa shape index (κ3) is 3.29. The maximum Gasteiger partial charge on any atom is 0.224 e. The van der Waals surface area contributed by atoms with E-state index in [4.69, 9.17) is 9.15 Å². The Kier molecular flexibility index (Phi) is 4.60. The summed E-state index contributed by atoms with van der Waals surface area (Å²) in [6.45, 7) is 1.33. The van der Waals surface area contributed by atoms with Crippen LogP contribution in [0, 0.1) is 0 Å². The van der Waals surface area contributed by atoms with E-state index in [1.54, 1.807) is 13.4 Å². The molecule has 0 unspecified atom stereocenters. The Morgan fingerprint density at radius 2 is 2.23 bits per heavy atom. The van der Waals surface area contributed by atoms with Gasteiger partial charge in [-0.25, -0.2) is 0 Å². The van der Waals surface area contributed by atoms with Crippen LogP contribution < -0.4 is 10.1 Å². The lowest BCUT2D eigenvalue weighted by Gasteiger charge is -2.08. The molecule has 1 aromatic carbocycles. The van der Waals surface area contributed by atoms with Crippen LogP contribution >= 0.6 is 0 Å². The summed E-state index contributed by atoms with van der Waals surface area (Å²) in [5.41, 5.74) is 1.58. The van der Waals surface area contributed by atoms with Gasteiger partial charge in [-0.3, -0.25) is 4.79 Å². The number of aromatic nitrogens is 3. The molecular formula is C19H22N4O3. The van der Waals surface area contributed by atoms with Crippen LogP contribution in [-0.4, -0.2) is 27.8 Å². The zero-order valence-corrected chi connectivity index (χ0v) is 14.8. The number of fused-ring (bicyclic) bond motifs is 2. The van der Waals surface area contributed by atoms with E-state index in [1.165, 1.54) is 6.42 Å². The summed E-state index contributed by atoms with van der Waals surface area (Å²) in [5.74, 6) is 2.53. The number of methoxy groups -OCH3 is 1. The summed E-state index contributed by atoms with van der Waals surface area (Å²) in [6, 6.07) is 5.60. The second-order valence-electron chi connectivity index (χ2n) is 6.57. The molecule has 0 atom stereocenters. The first-order valence-corrected chi connectivity index (χ1v) is 8.96. The molecule has 0 spiro atoms. The van der Waals surface area contributed by atoms with Crippen molar-refractivity contribution in [3.05, 3.63) is 41.7 Å². The number of ether oxygens (including phenoxy) is 1. The lowest BCUT2D eigenvalue weighted by Crippen LogP contribution is -2.26. The van der Waals surface area contributed by atoms with E-state index in [1.807, 2.05) is 18.2 Å². The van der Waals surface area contributed by atoms with E-state index in [-0.39, 0.29) is 12.3 Å². The van der Waals surface area contributed by atoms with Gasteiger partial charge in [-0.2, -0.15) is 0 Å². The fourth-order valence-corrected chi connectivity index (χ4v) is 3.42. The number of carbonyl (C=O) groups is 1. The fraction of sp³-hybridized carbons (Fsp3) is 0.421. The van der Waals surface area contributed by atoms with Crippen LogP contribution in [0.4, 0.5) is 0 Å². The predicted molar refractivity (Wildman–Crippen MR) is 95.9 cm³/mol. The highest BCUT2D eigenvalue weighted by molar-refractivity contribution is 5.88. The Labute approximate surface area is 151 Å². The van der Waals surface area contributed by atoms with Gasteiger partial charge < -0.3 is 19.0 Å². The molecule has 136 valence electrons. The molecule has 26 heavy (non-hydrogen) atoms. The van der Waals surface area contributed by atoms with Crippen LogP contribution in [0.15, 0.2) is 28.9 Å². The molecule has 2 aromatic heterocycles. The van der Waals surface area contributed by atoms with E-state index < -0.39 is 0 Å². The monoisotopic (exact) mass is 354 g/mol. The number of hydrogen-bond acceptors (Lipinski definition) is 5. The molecule has 0 aliphatic carbocycles. The molecule has 1 amide bonds. The number of furan rings is 1. The summed E-state index contributed by atoms with van der Waals surface area (Å²) in [5, 5.41) is 12.4. The van der Waals surface area contributed by atoms with Crippen LogP contribution in [0.25, 0.3) is 11.0 Å². The SMILES string of the molecule is COc1ccc2c(CC(=O)NCc3nnc4n3CCCCC4)coc2c1. The second-order valence-corrected chi connectivity index (χ2v) is 6.57. The lowest BCUT2D eigenvalue weighted by atomic mass is 10.1. The molecule has 1 N–H and O–H groups in total. The number of carbonyl (C=O) groups excluding carboxylic acids is 1. The zero-order valence-electron chi connectivity index (χ0n) is 14.8. The van der Waals surface area contributed by atoms with Crippen molar-refractivity contribution in [2.24, 2.45) is 0 Å². The second kappa shape index (κ2) is 7.19. The maximum atomic E-state index is 12.4. The van der Waals surface area contributed by atoms with Gasteiger partial charge in [0.25, 0.3) is 0 Å². The van der Waals surface area contributed by atoms with E-state index >= 15 is 0 Å². The van der Waals surface area contributed by atoms with E-state index in [0.29, 0.717) is 6.54 Å². The fourth-order valence-electron chi connectivity index (χ4n) is 3.42. The zero-order chi connectivity index (χ0) is 17.9. The van der Waals surface area contributed by atoms with Crippen LogP contribution in [0.3, 0.4) is 0 Å². The van der Waals surface area contributed by atoms with Gasteiger partial charge in [0.05, 0.1) is 26.3 Å². The van der Waals surface area contributed by atoms with E-state index in [9.17, 15) is 4.79 Å². The summed E-state index contributed by atoms with van der Waals surface area (Å²) in [7, 11) is 1.61. The molecule has 0 saturated carbocycles. The summed E-state index contributed by atoms with van der Waals surface area (Å²) in [6.07, 6.45) is 6.37. The van der Waals surface area contributed by atoms with Crippen molar-refractivity contribution in [3.8, 4) is 5.75 Å². The smallest absolute Gasteiger partial charge is 0.224 e. The average Bonchev–Trinajstić information content (AvgIpc) is 3.15. The first kappa shape index (κ1) is 16.6. The molecule has 0 saturated heterocycles.